The zero-order chi connectivity index (χ0) is 37.5. The van der Waals surface area contributed by atoms with E-state index in [-0.39, 0.29) is 22.4 Å². The van der Waals surface area contributed by atoms with Crippen LogP contribution in [0.3, 0.4) is 0 Å². The molecule has 2 aromatic rings. The van der Waals surface area contributed by atoms with Crippen molar-refractivity contribution in [3.05, 3.63) is 23.0 Å². The second-order valence-corrected chi connectivity index (χ2v) is 19.7. The van der Waals surface area contributed by atoms with Gasteiger partial charge < -0.3 is 34.3 Å². The van der Waals surface area contributed by atoms with E-state index in [1.165, 1.54) is 10.8 Å². The van der Waals surface area contributed by atoms with Crippen molar-refractivity contribution in [3.63, 3.8) is 0 Å². The molecule has 0 aromatic carbocycles. The van der Waals surface area contributed by atoms with Crippen LogP contribution in [0.5, 0.6) is 0 Å². The molecule has 6 rings (SSSR count). The summed E-state index contributed by atoms with van der Waals surface area (Å²) in [7, 11) is -9.14. The number of nitrogens with one attached hydrogen (secondary N) is 1. The first-order valence-corrected chi connectivity index (χ1v) is 21.3. The fourth-order valence-corrected chi connectivity index (χ4v) is 11.6. The van der Waals surface area contributed by atoms with Gasteiger partial charge in [-0.25, -0.2) is 13.4 Å². The highest BCUT2D eigenvalue weighted by atomic mass is 35.5. The maximum atomic E-state index is 13.8. The van der Waals surface area contributed by atoms with Crippen molar-refractivity contribution in [2.75, 3.05) is 30.1 Å². The van der Waals surface area contributed by atoms with Crippen molar-refractivity contribution < 1.29 is 56.0 Å². The van der Waals surface area contributed by atoms with Crippen LogP contribution in [0.2, 0.25) is 5.15 Å². The highest BCUT2D eigenvalue weighted by Crippen LogP contribution is 2.51. The van der Waals surface area contributed by atoms with Gasteiger partial charge in [0.2, 0.25) is 13.6 Å². The predicted molar refractivity (Wildman–Crippen MR) is 186 cm³/mol. The number of carbonyl (C=O) groups excluding carboxylic acids is 2. The van der Waals surface area contributed by atoms with Gasteiger partial charge in [0.05, 0.1) is 22.3 Å². The molecule has 0 unspecified atom stereocenters. The zero-order valence-electron chi connectivity index (χ0n) is 29.0. The second kappa shape index (κ2) is 15.1. The Morgan fingerprint density at radius 2 is 1.63 bits per heavy atom. The van der Waals surface area contributed by atoms with Crippen LogP contribution >= 0.6 is 19.2 Å². The molecular formula is C33H44ClN4O12PS. The van der Waals surface area contributed by atoms with Crippen molar-refractivity contribution in [2.45, 2.75) is 109 Å². The standard InChI is InChI=1S/C33H44ClN4O12PS/c1-32(10-5-11-32)30(41)46-17-48-51(43,49-18-47-31(42)33(2)12-6-13-33)19-52(44,45)16-23-25(39)26(40)29(50-23)38-14-9-21-24(36-20-7-3-4-8-20)22(15-35)27(34)37-28(21)38/h9,14,20,23,25-26,29,39-40H,3-8,10-13,16-19H2,1-2H3,(H,36,37)/t23-,25-,26-,29-/m1/s1. The van der Waals surface area contributed by atoms with Gasteiger partial charge in [-0.15, -0.1) is 0 Å². The van der Waals surface area contributed by atoms with Crippen molar-refractivity contribution in [1.82, 2.24) is 9.55 Å². The van der Waals surface area contributed by atoms with E-state index in [9.17, 15) is 38.0 Å². The molecule has 16 nitrogen and oxygen atoms in total. The van der Waals surface area contributed by atoms with E-state index in [4.69, 9.17) is 34.9 Å². The van der Waals surface area contributed by atoms with Crippen LogP contribution in [0.15, 0.2) is 12.3 Å². The van der Waals surface area contributed by atoms with Gasteiger partial charge in [-0.2, -0.15) is 5.26 Å². The lowest BCUT2D eigenvalue weighted by atomic mass is 9.70. The van der Waals surface area contributed by atoms with Crippen LogP contribution in [0, 0.1) is 22.2 Å². The Labute approximate surface area is 306 Å². The number of nitrogens with zero attached hydrogens (tertiary/aromatic N) is 3. The van der Waals surface area contributed by atoms with E-state index in [1.54, 1.807) is 19.9 Å². The highest BCUT2D eigenvalue weighted by molar-refractivity contribution is 7.97. The number of aromatic nitrogens is 2. The largest absolute Gasteiger partial charge is 0.438 e. The van der Waals surface area contributed by atoms with Crippen LogP contribution in [0.25, 0.3) is 11.0 Å². The summed E-state index contributed by atoms with van der Waals surface area (Å²) in [5.74, 6) is -2.12. The van der Waals surface area contributed by atoms with Crippen LogP contribution in [0.4, 0.5) is 5.69 Å². The molecule has 52 heavy (non-hydrogen) atoms. The summed E-state index contributed by atoms with van der Waals surface area (Å²) >= 11 is 6.42. The lowest BCUT2D eigenvalue weighted by Gasteiger charge is -2.35. The van der Waals surface area contributed by atoms with E-state index in [0.717, 1.165) is 38.5 Å². The molecule has 0 amide bonds. The summed E-state index contributed by atoms with van der Waals surface area (Å²) in [6, 6.07) is 3.87. The van der Waals surface area contributed by atoms with Gasteiger partial charge in [0.25, 0.3) is 0 Å². The van der Waals surface area contributed by atoms with Gasteiger partial charge in [0.1, 0.15) is 35.6 Å². The molecule has 1 saturated heterocycles. The Kier molecular flexibility index (Phi) is 11.3. The topological polar surface area (TPSA) is 226 Å². The summed E-state index contributed by atoms with van der Waals surface area (Å²) < 4.78 is 68.9. The van der Waals surface area contributed by atoms with E-state index in [2.05, 4.69) is 16.4 Å². The van der Waals surface area contributed by atoms with Gasteiger partial charge in [-0.3, -0.25) is 23.2 Å². The number of ether oxygens (including phenoxy) is 3. The maximum absolute atomic E-state index is 13.8. The summed E-state index contributed by atoms with van der Waals surface area (Å²) in [5, 5.41) is 35.7. The van der Waals surface area contributed by atoms with Crippen LogP contribution in [-0.2, 0) is 47.2 Å². The molecular weight excluding hydrogens is 743 g/mol. The zero-order valence-corrected chi connectivity index (χ0v) is 31.5. The van der Waals surface area contributed by atoms with Crippen LogP contribution < -0.4 is 5.32 Å². The minimum Gasteiger partial charge on any atom is -0.438 e. The van der Waals surface area contributed by atoms with Gasteiger partial charge in [0.15, 0.2) is 26.7 Å². The van der Waals surface area contributed by atoms with E-state index in [1.807, 2.05) is 0 Å². The van der Waals surface area contributed by atoms with Crippen LogP contribution in [0.1, 0.15) is 89.8 Å². The molecule has 286 valence electrons. The fraction of sp³-hybridized carbons (Fsp3) is 0.697. The summed E-state index contributed by atoms with van der Waals surface area (Å²) in [6.07, 6.45) is 3.35. The summed E-state index contributed by atoms with van der Waals surface area (Å²) in [5.41, 5.74) is -1.83. The number of nitriles is 1. The number of halogens is 1. The smallest absolute Gasteiger partial charge is 0.351 e. The number of anilines is 1. The van der Waals surface area contributed by atoms with Crippen molar-refractivity contribution >= 4 is 57.7 Å². The normalized spacial score (nSPS) is 25.6. The average molecular weight is 787 g/mol. The first kappa shape index (κ1) is 38.9. The quantitative estimate of drug-likeness (QED) is 0.0977. The van der Waals surface area contributed by atoms with Gasteiger partial charge in [-0.05, 0) is 58.4 Å². The molecule has 0 bridgehead atoms. The number of aliphatic hydroxyl groups excluding tert-OH is 2. The van der Waals surface area contributed by atoms with Crippen LogP contribution in [-0.4, -0.2) is 89.3 Å². The molecule has 4 aliphatic rings. The number of fused-ring (bicyclic) bond motifs is 1. The molecule has 2 aromatic heterocycles. The number of pyridine rings is 1. The second-order valence-electron chi connectivity index (χ2n) is 14.7. The minimum atomic E-state index is -4.66. The Morgan fingerprint density at radius 3 is 2.15 bits per heavy atom. The predicted octanol–water partition coefficient (Wildman–Crippen LogP) is 4.52. The maximum Gasteiger partial charge on any atom is 0.351 e. The number of aliphatic hydroxyl groups is 2. The lowest BCUT2D eigenvalue weighted by molar-refractivity contribution is -0.169. The third kappa shape index (κ3) is 8.00. The van der Waals surface area contributed by atoms with Gasteiger partial charge in [0, 0.05) is 17.6 Å². The molecule has 3 saturated carbocycles. The highest BCUT2D eigenvalue weighted by Gasteiger charge is 2.48. The van der Waals surface area contributed by atoms with E-state index >= 15 is 0 Å². The number of carbonyl (C=O) groups is 2. The van der Waals surface area contributed by atoms with E-state index in [0.29, 0.717) is 36.8 Å². The van der Waals surface area contributed by atoms with Crippen molar-refractivity contribution in [3.8, 4) is 6.07 Å². The van der Waals surface area contributed by atoms with Gasteiger partial charge in [-0.1, -0.05) is 37.3 Å². The number of sulfone groups is 1. The summed E-state index contributed by atoms with van der Waals surface area (Å²) in [4.78, 5) is 29.4. The molecule has 19 heteroatoms. The first-order chi connectivity index (χ1) is 24.6. The number of hydrogen-bond acceptors (Lipinski definition) is 15. The number of hydrogen-bond donors (Lipinski definition) is 3. The lowest BCUT2D eigenvalue weighted by Crippen LogP contribution is -2.37. The Bertz CT molecular complexity index is 1840. The molecule has 1 aliphatic heterocycles. The average Bonchev–Trinajstić information content (AvgIpc) is 3.78. The third-order valence-electron chi connectivity index (χ3n) is 10.8. The molecule has 3 N–H and O–H groups in total. The minimum absolute atomic E-state index is 0.0849. The Balaban J connectivity index is 1.16. The molecule has 0 spiro atoms. The first-order valence-electron chi connectivity index (χ1n) is 17.4. The number of esters is 2. The molecule has 0 radical (unpaired) electrons. The van der Waals surface area contributed by atoms with Crippen molar-refractivity contribution in [2.24, 2.45) is 10.8 Å². The van der Waals surface area contributed by atoms with Crippen molar-refractivity contribution in [1.29, 1.82) is 5.26 Å². The monoisotopic (exact) mass is 786 g/mol. The Hall–Kier alpha value is -2.81. The molecule has 4 fully saturated rings. The summed E-state index contributed by atoms with van der Waals surface area (Å²) in [6.45, 7) is 1.67. The third-order valence-corrected chi connectivity index (χ3v) is 15.7. The SMILES string of the molecule is CC1(C(=O)OCOP(=O)(CS(=O)(=O)C[C@H]2O[C@@H](n3ccc4c(NC5CCCC5)c(C#N)c(Cl)nc43)[C@H](O)[C@@H]2O)OCOC(=O)C2(C)CCC2)CCC1. The van der Waals surface area contributed by atoms with E-state index < -0.39 is 89.6 Å². The molecule has 3 aliphatic carbocycles. The Morgan fingerprint density at radius 1 is 1.06 bits per heavy atom. The molecule has 3 heterocycles. The number of rotatable bonds is 15. The fourth-order valence-electron chi connectivity index (χ4n) is 7.11. The van der Waals surface area contributed by atoms with Gasteiger partial charge >= 0.3 is 19.5 Å². The molecule has 4 atom stereocenters.